The Morgan fingerprint density at radius 2 is 1.12 bits per heavy atom. The van der Waals surface area contributed by atoms with Crippen molar-refractivity contribution in [2.45, 2.75) is 122 Å². The fourth-order valence-electron chi connectivity index (χ4n) is 8.31. The molecule has 0 N–H and O–H groups in total. The summed E-state index contributed by atoms with van der Waals surface area (Å²) in [6.07, 6.45) is 27.9. The van der Waals surface area contributed by atoms with Crippen molar-refractivity contribution >= 4 is 0 Å². The number of hydrogen-bond donors (Lipinski definition) is 0. The molecule has 7 atom stereocenters. The van der Waals surface area contributed by atoms with E-state index in [9.17, 15) is 0 Å². The van der Waals surface area contributed by atoms with Crippen molar-refractivity contribution in [3.05, 3.63) is 0 Å². The molecule has 0 spiro atoms. The van der Waals surface area contributed by atoms with Gasteiger partial charge in [-0.15, -0.1) is 0 Å². The van der Waals surface area contributed by atoms with Gasteiger partial charge in [0.1, 0.15) is 0 Å². The topological polar surface area (TPSA) is 0 Å². The molecule has 26 heavy (non-hydrogen) atoms. The normalized spacial score (nSPS) is 41.7. The summed E-state index contributed by atoms with van der Waals surface area (Å²) in [5.74, 6) is 8.10. The van der Waals surface area contributed by atoms with E-state index in [4.69, 9.17) is 0 Å². The van der Waals surface area contributed by atoms with Crippen molar-refractivity contribution in [3.8, 4) is 0 Å². The first kappa shape index (κ1) is 19.3. The zero-order valence-corrected chi connectivity index (χ0v) is 17.8. The molecule has 0 heteroatoms. The molecule has 150 valence electrons. The lowest BCUT2D eigenvalue weighted by molar-refractivity contribution is -0.0979. The zero-order chi connectivity index (χ0) is 17.8. The molecule has 4 aliphatic rings. The molecule has 0 saturated heterocycles. The van der Waals surface area contributed by atoms with Crippen molar-refractivity contribution < 1.29 is 0 Å². The van der Waals surface area contributed by atoms with Crippen molar-refractivity contribution in [2.24, 2.45) is 41.4 Å². The quantitative estimate of drug-likeness (QED) is 0.363. The van der Waals surface area contributed by atoms with Crippen LogP contribution >= 0.6 is 0 Å². The van der Waals surface area contributed by atoms with E-state index in [0.717, 1.165) is 29.6 Å². The minimum atomic E-state index is 1.12. The summed E-state index contributed by atoms with van der Waals surface area (Å²) in [5.41, 5.74) is 0. The highest BCUT2D eigenvalue weighted by Crippen LogP contribution is 2.61. The van der Waals surface area contributed by atoms with Crippen molar-refractivity contribution in [2.75, 3.05) is 0 Å². The fourth-order valence-corrected chi connectivity index (χ4v) is 8.31. The van der Waals surface area contributed by atoms with Gasteiger partial charge in [-0.05, 0) is 80.0 Å². The lowest BCUT2D eigenvalue weighted by Crippen LogP contribution is -2.51. The molecule has 0 aromatic rings. The van der Waals surface area contributed by atoms with Crippen LogP contribution in [0.4, 0.5) is 0 Å². The summed E-state index contributed by atoms with van der Waals surface area (Å²) < 4.78 is 0. The minimum absolute atomic E-state index is 1.12. The van der Waals surface area contributed by atoms with Gasteiger partial charge in [0, 0.05) is 0 Å². The highest BCUT2D eigenvalue weighted by molar-refractivity contribution is 5.02. The van der Waals surface area contributed by atoms with Crippen molar-refractivity contribution in [1.29, 1.82) is 0 Å². The van der Waals surface area contributed by atoms with Crippen LogP contribution in [0.5, 0.6) is 0 Å². The van der Waals surface area contributed by atoms with Crippen LogP contribution in [0.2, 0.25) is 0 Å². The lowest BCUT2D eigenvalue weighted by Gasteiger charge is -2.59. The predicted octanol–water partition coefficient (Wildman–Crippen LogP) is 8.40. The predicted molar refractivity (Wildman–Crippen MR) is 113 cm³/mol. The van der Waals surface area contributed by atoms with E-state index in [-0.39, 0.29) is 0 Å². The van der Waals surface area contributed by atoms with Crippen molar-refractivity contribution in [1.82, 2.24) is 0 Å². The largest absolute Gasteiger partial charge is 0.0654 e. The zero-order valence-electron chi connectivity index (χ0n) is 17.8. The lowest BCUT2D eigenvalue weighted by atomic mass is 9.46. The second-order valence-corrected chi connectivity index (χ2v) is 10.8. The van der Waals surface area contributed by atoms with Crippen LogP contribution in [0.25, 0.3) is 0 Å². The van der Waals surface area contributed by atoms with Gasteiger partial charge in [0.05, 0.1) is 0 Å². The first-order valence-electron chi connectivity index (χ1n) is 12.9. The first-order valence-corrected chi connectivity index (χ1v) is 12.9. The third-order valence-corrected chi connectivity index (χ3v) is 9.44. The molecule has 0 bridgehead atoms. The van der Waals surface area contributed by atoms with E-state index in [0.29, 0.717) is 0 Å². The van der Waals surface area contributed by atoms with Crippen LogP contribution in [0, 0.1) is 41.4 Å². The molecule has 0 nitrogen and oxygen atoms in total. The molecule has 7 unspecified atom stereocenters. The fraction of sp³-hybridized carbons (Fsp3) is 1.00. The SMILES string of the molecule is CCCCCCCCCCC1CCC2CCC3CCCC4CCC1C2C34. The number of unbranched alkanes of at least 4 members (excludes halogenated alkanes) is 7. The Morgan fingerprint density at radius 3 is 1.85 bits per heavy atom. The van der Waals surface area contributed by atoms with Gasteiger partial charge in [0.2, 0.25) is 0 Å². The third kappa shape index (κ3) is 4.20. The van der Waals surface area contributed by atoms with Gasteiger partial charge in [0.15, 0.2) is 0 Å². The van der Waals surface area contributed by atoms with Crippen LogP contribution in [-0.2, 0) is 0 Å². The molecule has 0 aromatic carbocycles. The van der Waals surface area contributed by atoms with E-state index >= 15 is 0 Å². The Labute approximate surface area is 164 Å². The van der Waals surface area contributed by atoms with Gasteiger partial charge in [-0.3, -0.25) is 0 Å². The van der Waals surface area contributed by atoms with Gasteiger partial charge in [0.25, 0.3) is 0 Å². The standard InChI is InChI=1S/C26H46/c1-2-3-4-5-6-7-8-9-11-20-14-15-23-17-16-21-12-10-13-22-18-19-24(20)26(23)25(21)22/h20-26H,2-19H2,1H3. The Kier molecular flexibility index (Phi) is 7.04. The maximum absolute atomic E-state index is 2.32. The smallest absolute Gasteiger partial charge is 0.0321 e. The van der Waals surface area contributed by atoms with E-state index < -0.39 is 0 Å². The van der Waals surface area contributed by atoms with Gasteiger partial charge in [-0.25, -0.2) is 0 Å². The Bertz CT molecular complexity index is 406. The maximum atomic E-state index is 2.32. The van der Waals surface area contributed by atoms with Crippen LogP contribution < -0.4 is 0 Å². The molecule has 4 saturated carbocycles. The summed E-state index contributed by atoms with van der Waals surface area (Å²) in [5, 5.41) is 0. The van der Waals surface area contributed by atoms with Crippen LogP contribution in [0.1, 0.15) is 122 Å². The first-order chi connectivity index (χ1) is 12.9. The van der Waals surface area contributed by atoms with Crippen LogP contribution in [0.3, 0.4) is 0 Å². The molecular formula is C26H46. The molecule has 0 aliphatic heterocycles. The van der Waals surface area contributed by atoms with Crippen LogP contribution in [-0.4, -0.2) is 0 Å². The van der Waals surface area contributed by atoms with E-state index in [1.165, 1.54) is 56.8 Å². The summed E-state index contributed by atoms with van der Waals surface area (Å²) in [7, 11) is 0. The average Bonchev–Trinajstić information content (AvgIpc) is 2.69. The molecule has 0 amide bonds. The van der Waals surface area contributed by atoms with Gasteiger partial charge in [-0.2, -0.15) is 0 Å². The van der Waals surface area contributed by atoms with E-state index in [1.807, 2.05) is 0 Å². The maximum Gasteiger partial charge on any atom is -0.0321 e. The Hall–Kier alpha value is 0. The second-order valence-electron chi connectivity index (χ2n) is 10.8. The molecule has 4 aliphatic carbocycles. The third-order valence-electron chi connectivity index (χ3n) is 9.44. The average molecular weight is 359 g/mol. The van der Waals surface area contributed by atoms with Gasteiger partial charge in [-0.1, -0.05) is 84.0 Å². The monoisotopic (exact) mass is 358 g/mol. The highest BCUT2D eigenvalue weighted by atomic mass is 14.6. The van der Waals surface area contributed by atoms with Crippen molar-refractivity contribution in [3.63, 3.8) is 0 Å². The summed E-state index contributed by atoms with van der Waals surface area (Å²) >= 11 is 0. The summed E-state index contributed by atoms with van der Waals surface area (Å²) in [6, 6.07) is 0. The minimum Gasteiger partial charge on any atom is -0.0654 e. The summed E-state index contributed by atoms with van der Waals surface area (Å²) in [4.78, 5) is 0. The second kappa shape index (κ2) is 9.47. The molecule has 0 radical (unpaired) electrons. The van der Waals surface area contributed by atoms with Gasteiger partial charge < -0.3 is 0 Å². The molecular weight excluding hydrogens is 312 g/mol. The van der Waals surface area contributed by atoms with E-state index in [1.54, 1.807) is 70.6 Å². The Morgan fingerprint density at radius 1 is 0.538 bits per heavy atom. The van der Waals surface area contributed by atoms with Crippen LogP contribution in [0.15, 0.2) is 0 Å². The number of hydrogen-bond acceptors (Lipinski definition) is 0. The molecule has 0 heterocycles. The number of rotatable bonds is 9. The highest BCUT2D eigenvalue weighted by Gasteiger charge is 2.53. The molecule has 0 aromatic heterocycles. The Balaban J connectivity index is 1.24. The molecule has 4 fully saturated rings. The van der Waals surface area contributed by atoms with Gasteiger partial charge >= 0.3 is 0 Å². The van der Waals surface area contributed by atoms with E-state index in [2.05, 4.69) is 6.92 Å². The summed E-state index contributed by atoms with van der Waals surface area (Å²) in [6.45, 7) is 2.32. The molecule has 4 rings (SSSR count).